The van der Waals surface area contributed by atoms with Crippen molar-refractivity contribution in [3.8, 4) is 28.6 Å². The molecule has 0 aliphatic carbocycles. The summed E-state index contributed by atoms with van der Waals surface area (Å²) in [7, 11) is 1.53. The lowest BCUT2D eigenvalue weighted by Crippen LogP contribution is -2.25. The Balaban J connectivity index is 1.83. The molecular weight excluding hydrogens is 470 g/mol. The summed E-state index contributed by atoms with van der Waals surface area (Å²) in [5, 5.41) is 0. The third-order valence-electron chi connectivity index (χ3n) is 5.94. The summed E-state index contributed by atoms with van der Waals surface area (Å²) in [6, 6.07) is 23.8. The van der Waals surface area contributed by atoms with E-state index >= 15 is 0 Å². The second-order valence-corrected chi connectivity index (χ2v) is 8.25. The molecule has 0 saturated carbocycles. The number of amides is 1. The summed E-state index contributed by atoms with van der Waals surface area (Å²) in [6.07, 6.45) is 0. The van der Waals surface area contributed by atoms with Crippen LogP contribution in [0.25, 0.3) is 28.2 Å². The smallest absolute Gasteiger partial charge is 0.335 e. The molecule has 0 atom stereocenters. The average molecular weight is 496 g/mol. The molecular formula is C28H25N5O4. The zero-order chi connectivity index (χ0) is 25.9. The van der Waals surface area contributed by atoms with E-state index in [2.05, 4.69) is 4.98 Å². The Bertz CT molecular complexity index is 1640. The quantitative estimate of drug-likeness (QED) is 0.350. The number of hydrogen-bond acceptors (Lipinski definition) is 6. The van der Waals surface area contributed by atoms with Crippen molar-refractivity contribution in [2.45, 2.75) is 13.5 Å². The zero-order valence-corrected chi connectivity index (χ0v) is 20.4. The Morgan fingerprint density at radius 2 is 1.65 bits per heavy atom. The van der Waals surface area contributed by atoms with Crippen molar-refractivity contribution in [1.29, 1.82) is 0 Å². The van der Waals surface area contributed by atoms with Gasteiger partial charge in [0.15, 0.2) is 17.2 Å². The highest BCUT2D eigenvalue weighted by atomic mass is 16.5. The highest BCUT2D eigenvalue weighted by Gasteiger charge is 2.25. The first-order valence-electron chi connectivity index (χ1n) is 11.8. The van der Waals surface area contributed by atoms with Gasteiger partial charge in [-0.15, -0.1) is 0 Å². The minimum atomic E-state index is -0.765. The number of nitrogens with zero attached hydrogens (tertiary/aromatic N) is 4. The van der Waals surface area contributed by atoms with Gasteiger partial charge in [0, 0.05) is 5.56 Å². The van der Waals surface area contributed by atoms with Gasteiger partial charge in [-0.25, -0.2) is 19.3 Å². The van der Waals surface area contributed by atoms with Crippen LogP contribution in [0.2, 0.25) is 0 Å². The number of rotatable bonds is 8. The van der Waals surface area contributed by atoms with Crippen LogP contribution < -0.4 is 20.9 Å². The summed E-state index contributed by atoms with van der Waals surface area (Å²) in [5.74, 6) is 0.663. The van der Waals surface area contributed by atoms with E-state index in [0.717, 1.165) is 5.56 Å². The third-order valence-corrected chi connectivity index (χ3v) is 5.94. The number of imidazole rings is 1. The van der Waals surface area contributed by atoms with Crippen LogP contribution in [0, 0.1) is 0 Å². The first kappa shape index (κ1) is 23.8. The molecule has 2 aromatic heterocycles. The van der Waals surface area contributed by atoms with Gasteiger partial charge in [0.2, 0.25) is 0 Å². The summed E-state index contributed by atoms with van der Waals surface area (Å²) in [6.45, 7) is 2.64. The van der Waals surface area contributed by atoms with Gasteiger partial charge in [-0.1, -0.05) is 42.5 Å². The fourth-order valence-electron chi connectivity index (χ4n) is 4.27. The highest BCUT2D eigenvalue weighted by Crippen LogP contribution is 2.28. The molecule has 0 bridgehead atoms. The third kappa shape index (κ3) is 4.42. The SMILES string of the molecule is CCOc1ccc(-c2nc(C(N)=O)c3c(n2)n(-c2ccccc2OC)c(=O)n3Cc2ccccc2)cc1. The van der Waals surface area contributed by atoms with Gasteiger partial charge in [-0.3, -0.25) is 9.36 Å². The van der Waals surface area contributed by atoms with E-state index in [4.69, 9.17) is 20.2 Å². The lowest BCUT2D eigenvalue weighted by atomic mass is 10.2. The topological polar surface area (TPSA) is 114 Å². The number of benzene rings is 3. The van der Waals surface area contributed by atoms with Crippen molar-refractivity contribution in [3.63, 3.8) is 0 Å². The Morgan fingerprint density at radius 3 is 2.32 bits per heavy atom. The number of primary amides is 1. The highest BCUT2D eigenvalue weighted by molar-refractivity contribution is 6.02. The number of ether oxygens (including phenoxy) is 2. The number of nitrogens with two attached hydrogens (primary N) is 1. The fraction of sp³-hybridized carbons (Fsp3) is 0.143. The lowest BCUT2D eigenvalue weighted by molar-refractivity contribution is 0.0997. The molecule has 5 aromatic rings. The van der Waals surface area contributed by atoms with Crippen LogP contribution in [0.3, 0.4) is 0 Å². The molecule has 0 radical (unpaired) electrons. The predicted molar refractivity (Wildman–Crippen MR) is 140 cm³/mol. The molecule has 0 unspecified atom stereocenters. The van der Waals surface area contributed by atoms with Crippen molar-refractivity contribution in [1.82, 2.24) is 19.1 Å². The number of methoxy groups -OCH3 is 1. The summed E-state index contributed by atoms with van der Waals surface area (Å²) in [4.78, 5) is 35.9. The number of para-hydroxylation sites is 2. The standard InChI is InChI=1S/C28H25N5O4/c1-3-37-20-15-13-19(14-16-20)26-30-23(25(29)34)24-27(31-26)33(21-11-7-8-12-22(21)36-2)28(35)32(24)17-18-9-5-4-6-10-18/h4-16H,3,17H2,1-2H3,(H2,29,34). The van der Waals surface area contributed by atoms with Gasteiger partial charge in [-0.05, 0) is 48.9 Å². The largest absolute Gasteiger partial charge is 0.495 e. The van der Waals surface area contributed by atoms with Gasteiger partial charge in [-0.2, -0.15) is 0 Å². The van der Waals surface area contributed by atoms with Crippen LogP contribution in [0.1, 0.15) is 23.0 Å². The maximum Gasteiger partial charge on any atom is 0.335 e. The lowest BCUT2D eigenvalue weighted by Gasteiger charge is -2.10. The van der Waals surface area contributed by atoms with Crippen LogP contribution in [0.5, 0.6) is 11.5 Å². The Morgan fingerprint density at radius 1 is 0.946 bits per heavy atom. The maximum absolute atomic E-state index is 13.9. The Hall–Kier alpha value is -4.92. The van der Waals surface area contributed by atoms with Crippen LogP contribution in [0.15, 0.2) is 83.7 Å². The van der Waals surface area contributed by atoms with Crippen molar-refractivity contribution in [2.75, 3.05) is 13.7 Å². The second kappa shape index (κ2) is 9.98. The molecule has 9 nitrogen and oxygen atoms in total. The van der Waals surface area contributed by atoms with Gasteiger partial charge in [0.1, 0.15) is 17.0 Å². The molecule has 3 aromatic carbocycles. The molecule has 37 heavy (non-hydrogen) atoms. The van der Waals surface area contributed by atoms with Crippen molar-refractivity contribution >= 4 is 17.1 Å². The molecule has 0 aliphatic heterocycles. The molecule has 2 heterocycles. The summed E-state index contributed by atoms with van der Waals surface area (Å²) < 4.78 is 14.0. The van der Waals surface area contributed by atoms with Gasteiger partial charge in [0.05, 0.1) is 25.9 Å². The van der Waals surface area contributed by atoms with E-state index in [1.165, 1.54) is 16.2 Å². The summed E-state index contributed by atoms with van der Waals surface area (Å²) >= 11 is 0. The van der Waals surface area contributed by atoms with E-state index in [-0.39, 0.29) is 29.2 Å². The second-order valence-electron chi connectivity index (χ2n) is 8.25. The maximum atomic E-state index is 13.9. The van der Waals surface area contributed by atoms with E-state index in [0.29, 0.717) is 29.4 Å². The summed E-state index contributed by atoms with van der Waals surface area (Å²) in [5.41, 5.74) is 7.86. The normalized spacial score (nSPS) is 11.0. The molecule has 186 valence electrons. The van der Waals surface area contributed by atoms with Crippen LogP contribution in [-0.2, 0) is 6.54 Å². The van der Waals surface area contributed by atoms with Crippen LogP contribution in [0.4, 0.5) is 0 Å². The molecule has 0 fully saturated rings. The number of carbonyl (C=O) groups excluding carboxylic acids is 1. The Labute approximate surface area is 212 Å². The predicted octanol–water partition coefficient (Wildman–Crippen LogP) is 3.80. The van der Waals surface area contributed by atoms with Crippen LogP contribution >= 0.6 is 0 Å². The van der Waals surface area contributed by atoms with E-state index in [9.17, 15) is 9.59 Å². The van der Waals surface area contributed by atoms with Crippen molar-refractivity contribution < 1.29 is 14.3 Å². The fourth-order valence-corrected chi connectivity index (χ4v) is 4.27. The average Bonchev–Trinajstić information content (AvgIpc) is 3.19. The number of hydrogen-bond donors (Lipinski definition) is 1. The zero-order valence-electron chi connectivity index (χ0n) is 20.4. The van der Waals surface area contributed by atoms with E-state index < -0.39 is 11.6 Å². The minimum absolute atomic E-state index is 0.0458. The van der Waals surface area contributed by atoms with Crippen molar-refractivity contribution in [3.05, 3.63) is 101 Å². The van der Waals surface area contributed by atoms with E-state index in [1.54, 1.807) is 42.5 Å². The van der Waals surface area contributed by atoms with Crippen molar-refractivity contribution in [2.24, 2.45) is 5.73 Å². The molecule has 5 rings (SSSR count). The first-order chi connectivity index (χ1) is 18.0. The van der Waals surface area contributed by atoms with Crippen LogP contribution in [-0.4, -0.2) is 38.7 Å². The van der Waals surface area contributed by atoms with Gasteiger partial charge < -0.3 is 15.2 Å². The molecule has 1 amide bonds. The number of fused-ring (bicyclic) bond motifs is 1. The molecule has 2 N–H and O–H groups in total. The van der Waals surface area contributed by atoms with Gasteiger partial charge >= 0.3 is 5.69 Å². The molecule has 0 spiro atoms. The molecule has 0 aliphatic rings. The van der Waals surface area contributed by atoms with Gasteiger partial charge in [0.25, 0.3) is 5.91 Å². The minimum Gasteiger partial charge on any atom is -0.495 e. The first-order valence-corrected chi connectivity index (χ1v) is 11.8. The number of aromatic nitrogens is 4. The molecule has 0 saturated heterocycles. The van der Waals surface area contributed by atoms with E-state index in [1.807, 2.05) is 43.3 Å². The Kier molecular flexibility index (Phi) is 6.42. The molecule has 9 heteroatoms. The number of carbonyl (C=O) groups is 1. The monoisotopic (exact) mass is 495 g/mol.